The van der Waals surface area contributed by atoms with Crippen molar-refractivity contribution in [3.63, 3.8) is 0 Å². The molecule has 0 unspecified atom stereocenters. The Morgan fingerprint density at radius 1 is 1.18 bits per heavy atom. The summed E-state index contributed by atoms with van der Waals surface area (Å²) in [6.45, 7) is 4.55. The first-order valence-electron chi connectivity index (χ1n) is 10.1. The molecule has 0 bridgehead atoms. The highest BCUT2D eigenvalue weighted by molar-refractivity contribution is 7.99. The summed E-state index contributed by atoms with van der Waals surface area (Å²) in [5.74, 6) is 0.157. The summed E-state index contributed by atoms with van der Waals surface area (Å²) in [5.41, 5.74) is 1.92. The lowest BCUT2D eigenvalue weighted by Crippen LogP contribution is -2.35. The molecule has 1 aromatic heterocycles. The van der Waals surface area contributed by atoms with Crippen molar-refractivity contribution in [1.82, 2.24) is 20.1 Å². The highest BCUT2D eigenvalue weighted by Crippen LogP contribution is 2.30. The molecule has 2 aliphatic rings. The van der Waals surface area contributed by atoms with E-state index in [1.54, 1.807) is 11.8 Å². The number of aromatic nitrogens is 1. The molecule has 4 rings (SSSR count). The van der Waals surface area contributed by atoms with Gasteiger partial charge in [0, 0.05) is 55.4 Å². The van der Waals surface area contributed by atoms with Gasteiger partial charge in [-0.3, -0.25) is 9.69 Å². The Kier molecular flexibility index (Phi) is 6.29. The van der Waals surface area contributed by atoms with Crippen molar-refractivity contribution in [2.45, 2.75) is 41.8 Å². The van der Waals surface area contributed by atoms with E-state index in [2.05, 4.69) is 21.3 Å². The van der Waals surface area contributed by atoms with Crippen LogP contribution in [-0.4, -0.2) is 60.0 Å². The largest absolute Gasteiger partial charge is 0.337 e. The molecule has 1 saturated carbocycles. The number of carbonyl (C=O) groups excluding carboxylic acids is 1. The smallest absolute Gasteiger partial charge is 0.253 e. The number of hydrogen-bond donors (Lipinski definition) is 1. The molecule has 2 aromatic rings. The third-order valence-electron chi connectivity index (χ3n) is 5.41. The molecule has 0 spiro atoms. The van der Waals surface area contributed by atoms with Crippen LogP contribution in [0, 0.1) is 0 Å². The molecular formula is C22H28N4OS. The fraction of sp³-hybridized carbons (Fsp3) is 0.455. The average Bonchev–Trinajstić information content (AvgIpc) is 3.56. The number of rotatable bonds is 6. The number of benzene rings is 1. The lowest BCUT2D eigenvalue weighted by molar-refractivity contribution is 0.0760. The first-order valence-corrected chi connectivity index (χ1v) is 11.0. The van der Waals surface area contributed by atoms with Gasteiger partial charge in [-0.15, -0.1) is 0 Å². The van der Waals surface area contributed by atoms with E-state index in [-0.39, 0.29) is 5.91 Å². The van der Waals surface area contributed by atoms with Gasteiger partial charge < -0.3 is 10.2 Å². The van der Waals surface area contributed by atoms with Gasteiger partial charge in [0.05, 0.1) is 0 Å². The first-order chi connectivity index (χ1) is 13.7. The molecule has 1 amide bonds. The molecule has 1 aromatic carbocycles. The Morgan fingerprint density at radius 2 is 2.07 bits per heavy atom. The van der Waals surface area contributed by atoms with Gasteiger partial charge in [-0.25, -0.2) is 4.98 Å². The van der Waals surface area contributed by atoms with Crippen LogP contribution in [-0.2, 0) is 6.54 Å². The molecule has 6 heteroatoms. The summed E-state index contributed by atoms with van der Waals surface area (Å²) in [5, 5.41) is 4.19. The molecule has 148 valence electrons. The van der Waals surface area contributed by atoms with Crippen molar-refractivity contribution in [2.24, 2.45) is 0 Å². The predicted octanol–water partition coefficient (Wildman–Crippen LogP) is 3.26. The Morgan fingerprint density at radius 3 is 2.82 bits per heavy atom. The molecule has 1 aliphatic heterocycles. The minimum Gasteiger partial charge on any atom is -0.337 e. The third-order valence-corrected chi connectivity index (χ3v) is 6.48. The fourth-order valence-corrected chi connectivity index (χ4v) is 4.67. The minimum atomic E-state index is 0.157. The van der Waals surface area contributed by atoms with E-state index in [4.69, 9.17) is 0 Å². The van der Waals surface area contributed by atoms with Gasteiger partial charge in [0.2, 0.25) is 0 Å². The number of pyridine rings is 1. The number of nitrogens with zero attached hydrogens (tertiary/aromatic N) is 3. The SMILES string of the molecule is CNCc1cc(C(=O)N2CCCN(C3CC3)CC2)ccc1Sc1ccccn1. The Hall–Kier alpha value is -1.89. The molecule has 0 radical (unpaired) electrons. The van der Waals surface area contributed by atoms with Gasteiger partial charge in [0.25, 0.3) is 5.91 Å². The second kappa shape index (κ2) is 9.07. The van der Waals surface area contributed by atoms with E-state index in [0.717, 1.165) is 66.2 Å². The Balaban J connectivity index is 1.48. The van der Waals surface area contributed by atoms with Crippen LogP contribution in [0.25, 0.3) is 0 Å². The summed E-state index contributed by atoms with van der Waals surface area (Å²) in [6, 6.07) is 12.8. The lowest BCUT2D eigenvalue weighted by atomic mass is 10.1. The Bertz CT molecular complexity index is 809. The summed E-state index contributed by atoms with van der Waals surface area (Å²) in [4.78, 5) is 23.3. The van der Waals surface area contributed by atoms with Crippen molar-refractivity contribution in [3.8, 4) is 0 Å². The maximum absolute atomic E-state index is 13.1. The number of amides is 1. The summed E-state index contributed by atoms with van der Waals surface area (Å²) in [7, 11) is 1.94. The maximum atomic E-state index is 13.1. The summed E-state index contributed by atoms with van der Waals surface area (Å²) >= 11 is 1.64. The summed E-state index contributed by atoms with van der Waals surface area (Å²) < 4.78 is 0. The van der Waals surface area contributed by atoms with E-state index in [9.17, 15) is 4.79 Å². The van der Waals surface area contributed by atoms with Gasteiger partial charge in [-0.05, 0) is 62.2 Å². The molecule has 0 atom stereocenters. The topological polar surface area (TPSA) is 48.5 Å². The van der Waals surface area contributed by atoms with Crippen molar-refractivity contribution in [3.05, 3.63) is 53.7 Å². The third kappa shape index (κ3) is 4.74. The zero-order valence-corrected chi connectivity index (χ0v) is 17.3. The Labute approximate surface area is 171 Å². The van der Waals surface area contributed by atoms with E-state index < -0.39 is 0 Å². The molecular weight excluding hydrogens is 368 g/mol. The molecule has 2 fully saturated rings. The molecule has 1 aliphatic carbocycles. The first kappa shape index (κ1) is 19.4. The highest BCUT2D eigenvalue weighted by atomic mass is 32.2. The van der Waals surface area contributed by atoms with Crippen molar-refractivity contribution in [2.75, 3.05) is 33.2 Å². The van der Waals surface area contributed by atoms with Crippen LogP contribution in [0.4, 0.5) is 0 Å². The fourth-order valence-electron chi connectivity index (χ4n) is 3.79. The molecule has 1 N–H and O–H groups in total. The van der Waals surface area contributed by atoms with Crippen molar-refractivity contribution in [1.29, 1.82) is 0 Å². The van der Waals surface area contributed by atoms with Crippen LogP contribution in [0.2, 0.25) is 0 Å². The predicted molar refractivity (Wildman–Crippen MR) is 113 cm³/mol. The number of carbonyl (C=O) groups is 1. The van der Waals surface area contributed by atoms with Crippen LogP contribution >= 0.6 is 11.8 Å². The standard InChI is InChI=1S/C22H28N4OS/c1-23-16-18-15-17(6-9-20(18)28-21-5-2-3-10-24-21)22(27)26-12-4-11-25(13-14-26)19-7-8-19/h2-3,5-6,9-10,15,19,23H,4,7-8,11-14,16H2,1H3. The second-order valence-electron chi connectivity index (χ2n) is 7.54. The van der Waals surface area contributed by atoms with E-state index in [0.29, 0.717) is 0 Å². The molecule has 5 nitrogen and oxygen atoms in total. The quantitative estimate of drug-likeness (QED) is 0.812. The van der Waals surface area contributed by atoms with Crippen molar-refractivity contribution < 1.29 is 4.79 Å². The normalized spacial score (nSPS) is 18.1. The van der Waals surface area contributed by atoms with E-state index in [1.807, 2.05) is 48.5 Å². The van der Waals surface area contributed by atoms with Crippen LogP contribution < -0.4 is 5.32 Å². The zero-order valence-electron chi connectivity index (χ0n) is 16.4. The van der Waals surface area contributed by atoms with Gasteiger partial charge in [0.1, 0.15) is 5.03 Å². The molecule has 1 saturated heterocycles. The van der Waals surface area contributed by atoms with Gasteiger partial charge in [0.15, 0.2) is 0 Å². The van der Waals surface area contributed by atoms with Gasteiger partial charge in [-0.1, -0.05) is 17.8 Å². The monoisotopic (exact) mass is 396 g/mol. The minimum absolute atomic E-state index is 0.157. The summed E-state index contributed by atoms with van der Waals surface area (Å²) in [6.07, 6.45) is 5.54. The molecule has 28 heavy (non-hydrogen) atoms. The van der Waals surface area contributed by atoms with Crippen molar-refractivity contribution >= 4 is 17.7 Å². The maximum Gasteiger partial charge on any atom is 0.253 e. The number of hydrogen-bond acceptors (Lipinski definition) is 5. The lowest BCUT2D eigenvalue weighted by Gasteiger charge is -2.22. The van der Waals surface area contributed by atoms with Gasteiger partial charge >= 0.3 is 0 Å². The highest BCUT2D eigenvalue weighted by Gasteiger charge is 2.31. The number of nitrogens with one attached hydrogen (secondary N) is 1. The van der Waals surface area contributed by atoms with Crippen LogP contribution in [0.15, 0.2) is 52.5 Å². The zero-order chi connectivity index (χ0) is 19.3. The second-order valence-corrected chi connectivity index (χ2v) is 8.60. The van der Waals surface area contributed by atoms with Crippen LogP contribution in [0.5, 0.6) is 0 Å². The molecule has 2 heterocycles. The van der Waals surface area contributed by atoms with Gasteiger partial charge in [-0.2, -0.15) is 0 Å². The van der Waals surface area contributed by atoms with E-state index >= 15 is 0 Å². The average molecular weight is 397 g/mol. The van der Waals surface area contributed by atoms with E-state index in [1.165, 1.54) is 12.8 Å². The van der Waals surface area contributed by atoms with Crippen LogP contribution in [0.3, 0.4) is 0 Å². The van der Waals surface area contributed by atoms with Crippen LogP contribution in [0.1, 0.15) is 35.2 Å².